The van der Waals surface area contributed by atoms with Gasteiger partial charge in [0.25, 0.3) is 0 Å². The molecule has 2 aliphatic rings. The molecule has 0 unspecified atom stereocenters. The van der Waals surface area contributed by atoms with E-state index in [1.165, 1.54) is 25.2 Å². The molecule has 0 amide bonds. The number of halogens is 3. The van der Waals surface area contributed by atoms with Crippen LogP contribution in [0.3, 0.4) is 0 Å². The van der Waals surface area contributed by atoms with E-state index in [0.29, 0.717) is 22.7 Å². The van der Waals surface area contributed by atoms with E-state index in [1.54, 1.807) is 32.2 Å². The fourth-order valence-electron chi connectivity index (χ4n) is 5.35. The van der Waals surface area contributed by atoms with Crippen molar-refractivity contribution in [2.45, 2.75) is 91.4 Å². The third-order valence-electron chi connectivity index (χ3n) is 8.23. The first-order chi connectivity index (χ1) is 18.1. The van der Waals surface area contributed by atoms with Crippen molar-refractivity contribution in [1.82, 2.24) is 4.98 Å². The van der Waals surface area contributed by atoms with Crippen molar-refractivity contribution in [1.29, 1.82) is 0 Å². The number of thiazole rings is 1. The number of allylic oxidation sites excluding steroid dienone is 1. The summed E-state index contributed by atoms with van der Waals surface area (Å²) in [6.45, 7) is 7.66. The van der Waals surface area contributed by atoms with Crippen molar-refractivity contribution in [2.75, 3.05) is 0 Å². The minimum atomic E-state index is -4.58. The first-order valence-electron chi connectivity index (χ1n) is 13.2. The maximum absolute atomic E-state index is 14.0. The number of Topliss-reactive ketones (excluding diaryl/α,β-unsaturated/α-hetero) is 1. The number of aromatic nitrogens is 1. The molecule has 218 valence electrons. The zero-order valence-corrected chi connectivity index (χ0v) is 23.7. The van der Waals surface area contributed by atoms with Gasteiger partial charge in [-0.1, -0.05) is 33.8 Å². The molecule has 7 nitrogen and oxygen atoms in total. The predicted octanol–water partition coefficient (Wildman–Crippen LogP) is 4.85. The lowest BCUT2D eigenvalue weighted by Crippen LogP contribution is -2.46. The number of alkyl halides is 3. The van der Waals surface area contributed by atoms with Crippen LogP contribution in [0.1, 0.15) is 71.0 Å². The minimum absolute atomic E-state index is 0.164. The average molecular weight is 574 g/mol. The van der Waals surface area contributed by atoms with Crippen LogP contribution in [0.15, 0.2) is 22.6 Å². The highest BCUT2D eigenvalue weighted by molar-refractivity contribution is 7.09. The smallest absolute Gasteiger partial charge is 0.412 e. The SMILES string of the molecule is C/C(=C\c1csc(CO)n1)[C@@H]1C/C=C(/C(F)(F)F)C[C@H]2C[C@H]2[C@H](C)[C@H](O)[C@@H](C)C(=O)C(C)(C)[C@@H](O)CC(=O)O1. The molecule has 3 N–H and O–H groups in total. The summed E-state index contributed by atoms with van der Waals surface area (Å²) in [4.78, 5) is 30.4. The number of hydrogen-bond acceptors (Lipinski definition) is 8. The molecule has 3 rings (SSSR count). The Balaban J connectivity index is 1.98. The number of carbonyl (C=O) groups excluding carboxylic acids is 2. The van der Waals surface area contributed by atoms with Crippen LogP contribution in [0.2, 0.25) is 0 Å². The van der Waals surface area contributed by atoms with Gasteiger partial charge in [0, 0.05) is 23.3 Å². The predicted molar refractivity (Wildman–Crippen MR) is 140 cm³/mol. The quantitative estimate of drug-likeness (QED) is 0.350. The normalized spacial score (nSPS) is 34.6. The molecule has 0 aromatic carbocycles. The molecular formula is C28H38F3NO6S. The highest BCUT2D eigenvalue weighted by Crippen LogP contribution is 2.51. The maximum atomic E-state index is 14.0. The number of ketones is 1. The molecule has 7 atom stereocenters. The number of carbonyl (C=O) groups is 2. The molecule has 1 saturated carbocycles. The van der Waals surface area contributed by atoms with Crippen LogP contribution in [0, 0.1) is 29.1 Å². The molecule has 0 spiro atoms. The number of nitrogens with zero attached hydrogens (tertiary/aromatic N) is 1. The fourth-order valence-corrected chi connectivity index (χ4v) is 5.96. The topological polar surface area (TPSA) is 117 Å². The summed E-state index contributed by atoms with van der Waals surface area (Å²) in [5.74, 6) is -3.05. The number of esters is 1. The van der Waals surface area contributed by atoms with E-state index in [1.807, 2.05) is 0 Å². The summed E-state index contributed by atoms with van der Waals surface area (Å²) < 4.78 is 47.5. The number of aliphatic hydroxyl groups excluding tert-OH is 3. The second-order valence-corrected chi connectivity index (χ2v) is 12.4. The average Bonchev–Trinajstić information content (AvgIpc) is 3.49. The molecule has 1 aromatic rings. The molecule has 1 aliphatic carbocycles. The Morgan fingerprint density at radius 3 is 2.49 bits per heavy atom. The van der Waals surface area contributed by atoms with E-state index >= 15 is 0 Å². The zero-order chi connectivity index (χ0) is 29.3. The third-order valence-corrected chi connectivity index (χ3v) is 9.08. The molecule has 2 heterocycles. The Morgan fingerprint density at radius 1 is 1.23 bits per heavy atom. The van der Waals surface area contributed by atoms with Gasteiger partial charge in [-0.3, -0.25) is 9.59 Å². The Morgan fingerprint density at radius 2 is 1.90 bits per heavy atom. The van der Waals surface area contributed by atoms with Crippen LogP contribution in [-0.4, -0.2) is 56.5 Å². The lowest BCUT2D eigenvalue weighted by atomic mass is 9.72. The fraction of sp³-hybridized carbons (Fsp3) is 0.679. The van der Waals surface area contributed by atoms with Crippen molar-refractivity contribution in [2.24, 2.45) is 29.1 Å². The van der Waals surface area contributed by atoms with E-state index in [2.05, 4.69) is 4.98 Å². The largest absolute Gasteiger partial charge is 0.457 e. The molecule has 11 heteroatoms. The second kappa shape index (κ2) is 12.2. The van der Waals surface area contributed by atoms with Gasteiger partial charge < -0.3 is 20.1 Å². The second-order valence-electron chi connectivity index (χ2n) is 11.5. The summed E-state index contributed by atoms with van der Waals surface area (Å²) in [6.07, 6.45) is -6.04. The number of aliphatic hydroxyl groups is 3. The van der Waals surface area contributed by atoms with Crippen molar-refractivity contribution in [3.05, 3.63) is 33.3 Å². The van der Waals surface area contributed by atoms with Gasteiger partial charge in [0.1, 0.15) is 16.9 Å². The van der Waals surface area contributed by atoms with Crippen LogP contribution in [0.4, 0.5) is 13.2 Å². The van der Waals surface area contributed by atoms with Crippen molar-refractivity contribution >= 4 is 29.2 Å². The van der Waals surface area contributed by atoms with Crippen LogP contribution >= 0.6 is 11.3 Å². The van der Waals surface area contributed by atoms with Gasteiger partial charge in [-0.2, -0.15) is 13.2 Å². The molecule has 1 aliphatic heterocycles. The van der Waals surface area contributed by atoms with Gasteiger partial charge in [0.2, 0.25) is 0 Å². The number of cyclic esters (lactones) is 1. The molecule has 0 bridgehead atoms. The number of fused-ring (bicyclic) bond motifs is 1. The van der Waals surface area contributed by atoms with E-state index in [4.69, 9.17) is 4.74 Å². The van der Waals surface area contributed by atoms with E-state index in [9.17, 15) is 38.1 Å². The van der Waals surface area contributed by atoms with Gasteiger partial charge in [0.15, 0.2) is 0 Å². The zero-order valence-electron chi connectivity index (χ0n) is 22.9. The molecular weight excluding hydrogens is 535 g/mol. The summed E-state index contributed by atoms with van der Waals surface area (Å²) in [5, 5.41) is 33.2. The van der Waals surface area contributed by atoms with Crippen LogP contribution < -0.4 is 0 Å². The minimum Gasteiger partial charge on any atom is -0.457 e. The summed E-state index contributed by atoms with van der Waals surface area (Å²) in [5.41, 5.74) is -1.18. The van der Waals surface area contributed by atoms with Crippen LogP contribution in [0.25, 0.3) is 6.08 Å². The lowest BCUT2D eigenvalue weighted by Gasteiger charge is -2.34. The number of ether oxygens (including phenoxy) is 1. The van der Waals surface area contributed by atoms with Gasteiger partial charge in [-0.15, -0.1) is 11.3 Å². The first-order valence-corrected chi connectivity index (χ1v) is 14.0. The number of hydrogen-bond donors (Lipinski definition) is 3. The molecule has 0 saturated heterocycles. The Hall–Kier alpha value is -2.08. The van der Waals surface area contributed by atoms with Crippen molar-refractivity contribution < 1.29 is 42.8 Å². The summed E-state index contributed by atoms with van der Waals surface area (Å²) >= 11 is 1.22. The first kappa shape index (κ1) is 31.4. The van der Waals surface area contributed by atoms with E-state index < -0.39 is 65.5 Å². The van der Waals surface area contributed by atoms with E-state index in [0.717, 1.165) is 6.08 Å². The van der Waals surface area contributed by atoms with E-state index in [-0.39, 0.29) is 31.3 Å². The van der Waals surface area contributed by atoms with Crippen molar-refractivity contribution in [3.63, 3.8) is 0 Å². The van der Waals surface area contributed by atoms with Gasteiger partial charge in [0.05, 0.1) is 36.3 Å². The maximum Gasteiger partial charge on any atom is 0.412 e. The lowest BCUT2D eigenvalue weighted by molar-refractivity contribution is -0.154. The monoisotopic (exact) mass is 573 g/mol. The van der Waals surface area contributed by atoms with Crippen LogP contribution in [0.5, 0.6) is 0 Å². The summed E-state index contributed by atoms with van der Waals surface area (Å²) in [7, 11) is 0. The third kappa shape index (κ3) is 7.56. The molecule has 39 heavy (non-hydrogen) atoms. The van der Waals surface area contributed by atoms with Crippen molar-refractivity contribution in [3.8, 4) is 0 Å². The molecule has 0 radical (unpaired) electrons. The highest BCUT2D eigenvalue weighted by Gasteiger charge is 2.49. The Labute approximate surface area is 230 Å². The standard InChI is InChI=1S/C28H38F3NO6S/c1-14(8-19-13-39-23(12-33)32-19)21-7-6-18(28(29,30)31)9-17-10-20(17)15(2)25(36)16(3)26(37)27(4,5)22(34)11-24(35)38-21/h6,8,13,15-17,20-22,25,33-34,36H,7,9-12H2,1-5H3/b14-8+,18-6+/t15-,16+,17-,20-,21-,22-,25-/m0/s1. The molecule has 1 aromatic heterocycles. The number of rotatable bonds is 3. The van der Waals surface area contributed by atoms with Crippen LogP contribution in [-0.2, 0) is 20.9 Å². The van der Waals surface area contributed by atoms with Gasteiger partial charge in [-0.25, -0.2) is 4.98 Å². The van der Waals surface area contributed by atoms with Gasteiger partial charge >= 0.3 is 12.1 Å². The Kier molecular flexibility index (Phi) is 9.84. The van der Waals surface area contributed by atoms with Gasteiger partial charge in [-0.05, 0) is 49.2 Å². The Bertz CT molecular complexity index is 1110. The molecule has 1 fully saturated rings. The summed E-state index contributed by atoms with van der Waals surface area (Å²) in [6, 6.07) is 0. The highest BCUT2D eigenvalue weighted by atomic mass is 32.1.